The number of halogens is 3. The number of ether oxygens (including phenoxy) is 1. The average Bonchev–Trinajstić information content (AvgIpc) is 3.17. The number of rotatable bonds is 8. The van der Waals surface area contributed by atoms with E-state index in [-0.39, 0.29) is 11.8 Å². The summed E-state index contributed by atoms with van der Waals surface area (Å²) in [4.78, 5) is 0. The lowest BCUT2D eigenvalue weighted by atomic mass is 10.0. The van der Waals surface area contributed by atoms with Crippen LogP contribution in [0.4, 0.5) is 13.2 Å². The van der Waals surface area contributed by atoms with E-state index in [1.54, 1.807) is 6.07 Å². The number of aromatic nitrogens is 2. The first-order valence-electron chi connectivity index (χ1n) is 9.09. The number of hydrogen-bond acceptors (Lipinski definition) is 6. The molecule has 1 atom stereocenters. The fourth-order valence-electron chi connectivity index (χ4n) is 2.86. The maximum absolute atomic E-state index is 12.5. The molecule has 3 aromatic rings. The van der Waals surface area contributed by atoms with Crippen LogP contribution in [0.2, 0.25) is 0 Å². The molecule has 3 N–H and O–H groups in total. The highest BCUT2D eigenvalue weighted by atomic mass is 32.1. The molecule has 0 aliphatic rings. The number of alkyl halides is 3. The first-order chi connectivity index (χ1) is 13.9. The summed E-state index contributed by atoms with van der Waals surface area (Å²) in [7, 11) is 0. The van der Waals surface area contributed by atoms with Crippen molar-refractivity contribution in [2.24, 2.45) is 5.73 Å². The second kappa shape index (κ2) is 9.34. The van der Waals surface area contributed by atoms with Gasteiger partial charge in [-0.3, -0.25) is 0 Å². The van der Waals surface area contributed by atoms with Crippen molar-refractivity contribution in [3.8, 4) is 16.3 Å². The van der Waals surface area contributed by atoms with Gasteiger partial charge in [0, 0.05) is 12.1 Å². The Morgan fingerprint density at radius 2 is 1.83 bits per heavy atom. The molecular formula is C20H21F3N4OS. The average molecular weight is 422 g/mol. The second-order valence-electron chi connectivity index (χ2n) is 6.36. The van der Waals surface area contributed by atoms with Gasteiger partial charge in [0.1, 0.15) is 15.8 Å². The molecule has 1 heterocycles. The van der Waals surface area contributed by atoms with Gasteiger partial charge in [-0.15, -0.1) is 23.4 Å². The van der Waals surface area contributed by atoms with Crippen LogP contribution < -0.4 is 15.8 Å². The quantitative estimate of drug-likeness (QED) is 0.561. The predicted molar refractivity (Wildman–Crippen MR) is 106 cm³/mol. The zero-order valence-corrected chi connectivity index (χ0v) is 16.6. The normalized spacial score (nSPS) is 12.7. The molecule has 3 rings (SSSR count). The molecule has 0 bridgehead atoms. The number of nitrogens with two attached hydrogens (primary N) is 1. The summed E-state index contributed by atoms with van der Waals surface area (Å²) in [6, 6.07) is 13.8. The van der Waals surface area contributed by atoms with E-state index in [2.05, 4.69) is 20.3 Å². The van der Waals surface area contributed by atoms with Crippen LogP contribution in [0.15, 0.2) is 48.5 Å². The molecule has 0 saturated carbocycles. The van der Waals surface area contributed by atoms with Crippen molar-refractivity contribution in [1.29, 1.82) is 0 Å². The minimum absolute atomic E-state index is 0.0513. The maximum Gasteiger partial charge on any atom is 0.573 e. The van der Waals surface area contributed by atoms with Crippen molar-refractivity contribution < 1.29 is 17.9 Å². The fourth-order valence-corrected chi connectivity index (χ4v) is 3.77. The standard InChI is InChI=1S/C20H21F3N4OS/c1-2-25-17(10-13-6-8-14(12-24)9-7-13)19-27-26-18(29-19)15-4-3-5-16(11-15)28-20(21,22)23/h3-9,11,17,25H,2,10,12,24H2,1H3/t17-/m0/s1. The van der Waals surface area contributed by atoms with Crippen LogP contribution in [0.1, 0.15) is 29.1 Å². The van der Waals surface area contributed by atoms with Gasteiger partial charge in [-0.25, -0.2) is 0 Å². The smallest absolute Gasteiger partial charge is 0.406 e. The number of nitrogens with zero attached hydrogens (tertiary/aromatic N) is 2. The fraction of sp³-hybridized carbons (Fsp3) is 0.300. The lowest BCUT2D eigenvalue weighted by Crippen LogP contribution is -2.22. The zero-order valence-electron chi connectivity index (χ0n) is 15.7. The highest BCUT2D eigenvalue weighted by molar-refractivity contribution is 7.14. The molecule has 0 radical (unpaired) electrons. The van der Waals surface area contributed by atoms with Crippen molar-refractivity contribution in [3.63, 3.8) is 0 Å². The predicted octanol–water partition coefficient (Wildman–Crippen LogP) is 4.46. The molecule has 0 spiro atoms. The Hall–Kier alpha value is -2.49. The first-order valence-corrected chi connectivity index (χ1v) is 9.90. The summed E-state index contributed by atoms with van der Waals surface area (Å²) < 4.78 is 41.4. The van der Waals surface area contributed by atoms with Crippen molar-refractivity contribution in [1.82, 2.24) is 15.5 Å². The number of nitrogens with one attached hydrogen (secondary N) is 1. The molecule has 2 aromatic carbocycles. The topological polar surface area (TPSA) is 73.1 Å². The van der Waals surface area contributed by atoms with Crippen LogP contribution in [0, 0.1) is 0 Å². The zero-order chi connectivity index (χ0) is 20.9. The highest BCUT2D eigenvalue weighted by Crippen LogP contribution is 2.32. The van der Waals surface area contributed by atoms with Crippen LogP contribution in [-0.2, 0) is 13.0 Å². The van der Waals surface area contributed by atoms with E-state index in [4.69, 9.17) is 5.73 Å². The van der Waals surface area contributed by atoms with E-state index in [1.807, 2.05) is 31.2 Å². The van der Waals surface area contributed by atoms with Crippen LogP contribution in [-0.4, -0.2) is 23.1 Å². The van der Waals surface area contributed by atoms with Gasteiger partial charge in [0.2, 0.25) is 0 Å². The molecule has 0 aliphatic heterocycles. The Kier molecular flexibility index (Phi) is 6.83. The van der Waals surface area contributed by atoms with Gasteiger partial charge >= 0.3 is 6.36 Å². The Balaban J connectivity index is 1.79. The van der Waals surface area contributed by atoms with Gasteiger partial charge in [-0.2, -0.15) is 0 Å². The molecule has 0 amide bonds. The van der Waals surface area contributed by atoms with Gasteiger partial charge in [-0.05, 0) is 36.2 Å². The third-order valence-electron chi connectivity index (χ3n) is 4.20. The molecule has 1 aromatic heterocycles. The third-order valence-corrected chi connectivity index (χ3v) is 5.29. The third kappa shape index (κ3) is 5.99. The van der Waals surface area contributed by atoms with E-state index in [0.717, 1.165) is 22.7 Å². The monoisotopic (exact) mass is 422 g/mol. The highest BCUT2D eigenvalue weighted by Gasteiger charge is 2.31. The Labute approximate surface area is 170 Å². The molecule has 29 heavy (non-hydrogen) atoms. The molecule has 0 unspecified atom stereocenters. The largest absolute Gasteiger partial charge is 0.573 e. The van der Waals surface area contributed by atoms with Crippen molar-refractivity contribution in [2.45, 2.75) is 32.3 Å². The summed E-state index contributed by atoms with van der Waals surface area (Å²) >= 11 is 1.35. The lowest BCUT2D eigenvalue weighted by molar-refractivity contribution is -0.274. The molecule has 9 heteroatoms. The number of benzene rings is 2. The van der Waals surface area contributed by atoms with Crippen molar-refractivity contribution in [3.05, 3.63) is 64.7 Å². The van der Waals surface area contributed by atoms with Gasteiger partial charge in [0.15, 0.2) is 0 Å². The van der Waals surface area contributed by atoms with Crippen LogP contribution in [0.3, 0.4) is 0 Å². The van der Waals surface area contributed by atoms with Crippen LogP contribution in [0.25, 0.3) is 10.6 Å². The van der Waals surface area contributed by atoms with E-state index >= 15 is 0 Å². The summed E-state index contributed by atoms with van der Waals surface area (Å²) in [5.74, 6) is -0.282. The Bertz CT molecular complexity index is 928. The SMILES string of the molecule is CCN[C@@H](Cc1ccc(CN)cc1)c1nnc(-c2cccc(OC(F)(F)F)c2)s1. The molecule has 0 saturated heterocycles. The van der Waals surface area contributed by atoms with E-state index < -0.39 is 6.36 Å². The molecule has 154 valence electrons. The van der Waals surface area contributed by atoms with E-state index in [0.29, 0.717) is 23.5 Å². The number of likely N-dealkylation sites (N-methyl/N-ethyl adjacent to an activating group) is 1. The van der Waals surface area contributed by atoms with Crippen LogP contribution >= 0.6 is 11.3 Å². The summed E-state index contributed by atoms with van der Waals surface area (Å²) in [6.45, 7) is 3.24. The Morgan fingerprint density at radius 3 is 2.48 bits per heavy atom. The minimum Gasteiger partial charge on any atom is -0.406 e. The molecular weight excluding hydrogens is 401 g/mol. The summed E-state index contributed by atoms with van der Waals surface area (Å²) in [5.41, 5.74) is 8.36. The summed E-state index contributed by atoms with van der Waals surface area (Å²) in [5, 5.41) is 13.1. The first kappa shape index (κ1) is 21.2. The summed E-state index contributed by atoms with van der Waals surface area (Å²) in [6.07, 6.45) is -4.02. The van der Waals surface area contributed by atoms with Gasteiger partial charge in [0.05, 0.1) is 6.04 Å². The molecule has 0 aliphatic carbocycles. The molecule has 0 fully saturated rings. The van der Waals surface area contributed by atoms with Gasteiger partial charge in [-0.1, -0.05) is 54.7 Å². The maximum atomic E-state index is 12.5. The molecule has 5 nitrogen and oxygen atoms in total. The van der Waals surface area contributed by atoms with E-state index in [9.17, 15) is 13.2 Å². The van der Waals surface area contributed by atoms with Crippen molar-refractivity contribution in [2.75, 3.05) is 6.54 Å². The second-order valence-corrected chi connectivity index (χ2v) is 7.37. The van der Waals surface area contributed by atoms with Crippen molar-refractivity contribution >= 4 is 11.3 Å². The van der Waals surface area contributed by atoms with E-state index in [1.165, 1.54) is 29.5 Å². The minimum atomic E-state index is -4.74. The van der Waals surface area contributed by atoms with Gasteiger partial charge < -0.3 is 15.8 Å². The van der Waals surface area contributed by atoms with Gasteiger partial charge in [0.25, 0.3) is 0 Å². The number of hydrogen-bond donors (Lipinski definition) is 2. The Morgan fingerprint density at radius 1 is 1.10 bits per heavy atom. The lowest BCUT2D eigenvalue weighted by Gasteiger charge is -2.15. The van der Waals surface area contributed by atoms with Crippen LogP contribution in [0.5, 0.6) is 5.75 Å².